The number of benzene rings is 1. The zero-order valence-corrected chi connectivity index (χ0v) is 21.1. The van der Waals surface area contributed by atoms with Crippen molar-refractivity contribution in [3.8, 4) is 0 Å². The molecule has 7 rings (SSSR count). The average molecular weight is 512 g/mol. The van der Waals surface area contributed by atoms with E-state index in [0.717, 1.165) is 62.5 Å². The molecule has 4 aliphatic heterocycles. The third-order valence-corrected chi connectivity index (χ3v) is 9.04. The van der Waals surface area contributed by atoms with E-state index < -0.39 is 5.60 Å². The van der Waals surface area contributed by atoms with Crippen LogP contribution in [0, 0.1) is 11.3 Å². The minimum atomic E-state index is -0.397. The Kier molecular flexibility index (Phi) is 4.98. The van der Waals surface area contributed by atoms with Crippen molar-refractivity contribution in [2.24, 2.45) is 18.4 Å². The molecule has 190 valence electrons. The van der Waals surface area contributed by atoms with Crippen molar-refractivity contribution < 1.29 is 19.1 Å². The Morgan fingerprint density at radius 2 is 2.03 bits per heavy atom. The van der Waals surface area contributed by atoms with Crippen LogP contribution in [-0.2, 0) is 29.5 Å². The summed E-state index contributed by atoms with van der Waals surface area (Å²) in [4.78, 5) is 29.6. The molecule has 1 N–H and O–H groups in total. The van der Waals surface area contributed by atoms with Crippen LogP contribution in [0.25, 0.3) is 0 Å². The molecule has 3 saturated heterocycles. The Bertz CT molecular complexity index is 1220. The summed E-state index contributed by atoms with van der Waals surface area (Å²) in [5.74, 6) is 0.360. The Morgan fingerprint density at radius 1 is 1.22 bits per heavy atom. The molecule has 1 unspecified atom stereocenters. The van der Waals surface area contributed by atoms with Gasteiger partial charge in [-0.25, -0.2) is 4.79 Å². The zero-order valence-electron chi connectivity index (χ0n) is 20.3. The predicted molar refractivity (Wildman–Crippen MR) is 131 cm³/mol. The molecule has 1 saturated carbocycles. The molecule has 5 heterocycles. The summed E-state index contributed by atoms with van der Waals surface area (Å²) in [6.45, 7) is 5.98. The van der Waals surface area contributed by atoms with Crippen LogP contribution in [0.2, 0.25) is 5.02 Å². The number of nitrogens with one attached hydrogen (secondary N) is 1. The van der Waals surface area contributed by atoms with E-state index in [-0.39, 0.29) is 18.0 Å². The van der Waals surface area contributed by atoms with Crippen LogP contribution < -0.4 is 5.32 Å². The van der Waals surface area contributed by atoms with Gasteiger partial charge in [-0.05, 0) is 36.0 Å². The largest absolute Gasteiger partial charge is 0.441 e. The maximum atomic E-state index is 13.6. The van der Waals surface area contributed by atoms with Crippen molar-refractivity contribution in [1.29, 1.82) is 0 Å². The molecule has 2 aromatic rings. The van der Waals surface area contributed by atoms with Crippen molar-refractivity contribution in [1.82, 2.24) is 24.9 Å². The summed E-state index contributed by atoms with van der Waals surface area (Å²) in [7, 11) is 1.89. The minimum Gasteiger partial charge on any atom is -0.441 e. The molecule has 9 nitrogen and oxygen atoms in total. The van der Waals surface area contributed by atoms with Crippen LogP contribution >= 0.6 is 11.6 Å². The first-order valence-corrected chi connectivity index (χ1v) is 13.1. The normalized spacial score (nSPS) is 30.1. The molecule has 1 atom stereocenters. The first kappa shape index (κ1) is 22.6. The van der Waals surface area contributed by atoms with Gasteiger partial charge in [0, 0.05) is 50.6 Å². The van der Waals surface area contributed by atoms with Crippen LogP contribution in [0.4, 0.5) is 4.79 Å². The molecule has 10 heteroatoms. The molecular formula is C26H30ClN5O4. The number of fused-ring (bicyclic) bond motifs is 1. The van der Waals surface area contributed by atoms with E-state index in [1.807, 2.05) is 18.0 Å². The molecule has 5 aliphatic rings. The fourth-order valence-corrected chi connectivity index (χ4v) is 7.14. The maximum absolute atomic E-state index is 13.6. The van der Waals surface area contributed by atoms with Gasteiger partial charge < -0.3 is 19.7 Å². The number of rotatable bonds is 6. The fraction of sp³-hybridized carbons (Fsp3) is 0.577. The van der Waals surface area contributed by atoms with E-state index in [0.29, 0.717) is 35.9 Å². The first-order chi connectivity index (χ1) is 17.3. The predicted octanol–water partition coefficient (Wildman–Crippen LogP) is 2.53. The quantitative estimate of drug-likeness (QED) is 0.641. The molecule has 0 radical (unpaired) electrons. The molecule has 4 fully saturated rings. The molecule has 1 aromatic heterocycles. The monoisotopic (exact) mass is 511 g/mol. The molecule has 1 aliphatic carbocycles. The van der Waals surface area contributed by atoms with Crippen molar-refractivity contribution in [2.75, 3.05) is 39.4 Å². The van der Waals surface area contributed by atoms with Crippen LogP contribution in [0.5, 0.6) is 0 Å². The minimum absolute atomic E-state index is 0.0665. The van der Waals surface area contributed by atoms with E-state index in [9.17, 15) is 9.59 Å². The topological polar surface area (TPSA) is 88.9 Å². The Morgan fingerprint density at radius 3 is 2.67 bits per heavy atom. The van der Waals surface area contributed by atoms with Crippen molar-refractivity contribution in [3.05, 3.63) is 51.8 Å². The van der Waals surface area contributed by atoms with Crippen molar-refractivity contribution >= 4 is 23.6 Å². The summed E-state index contributed by atoms with van der Waals surface area (Å²) in [5, 5.41) is 7.70. The highest BCUT2D eigenvalue weighted by Gasteiger charge is 2.53. The highest BCUT2D eigenvalue weighted by Crippen LogP contribution is 2.46. The number of hydrogen-bond donors (Lipinski definition) is 1. The first-order valence-electron chi connectivity index (χ1n) is 12.7. The number of ether oxygens (including phenoxy) is 2. The van der Waals surface area contributed by atoms with E-state index in [1.54, 1.807) is 10.9 Å². The van der Waals surface area contributed by atoms with Gasteiger partial charge in [0.1, 0.15) is 5.60 Å². The van der Waals surface area contributed by atoms with Crippen LogP contribution in [-0.4, -0.2) is 76.6 Å². The van der Waals surface area contributed by atoms with Gasteiger partial charge in [0.25, 0.3) is 5.91 Å². The average Bonchev–Trinajstić information content (AvgIpc) is 3.40. The van der Waals surface area contributed by atoms with Gasteiger partial charge in [0.05, 0.1) is 42.7 Å². The number of carbonyl (C=O) groups excluding carboxylic acids is 2. The number of amides is 2. The lowest BCUT2D eigenvalue weighted by molar-refractivity contribution is -0.191. The summed E-state index contributed by atoms with van der Waals surface area (Å²) in [6.07, 6.45) is 3.48. The molecular weight excluding hydrogens is 482 g/mol. The lowest BCUT2D eigenvalue weighted by Gasteiger charge is -2.55. The van der Waals surface area contributed by atoms with Crippen LogP contribution in [0.1, 0.15) is 46.1 Å². The number of likely N-dealkylation sites (tertiary alicyclic amines) is 1. The van der Waals surface area contributed by atoms with E-state index in [1.165, 1.54) is 5.56 Å². The number of alkyl carbamates (subject to hydrolysis) is 1. The molecule has 2 amide bonds. The number of aryl methyl sites for hydroxylation is 1. The van der Waals surface area contributed by atoms with Crippen LogP contribution in [0.3, 0.4) is 0 Å². The molecule has 0 bridgehead atoms. The van der Waals surface area contributed by atoms with Gasteiger partial charge in [-0.3, -0.25) is 14.4 Å². The van der Waals surface area contributed by atoms with Gasteiger partial charge in [-0.2, -0.15) is 5.10 Å². The smallest absolute Gasteiger partial charge is 0.407 e. The fourth-order valence-electron chi connectivity index (χ4n) is 6.90. The molecule has 1 aromatic carbocycles. The van der Waals surface area contributed by atoms with E-state index in [2.05, 4.69) is 27.4 Å². The Labute approximate surface area is 214 Å². The lowest BCUT2D eigenvalue weighted by atomic mass is 9.70. The second-order valence-corrected chi connectivity index (χ2v) is 11.9. The van der Waals surface area contributed by atoms with Crippen molar-refractivity contribution in [2.45, 2.75) is 37.5 Å². The van der Waals surface area contributed by atoms with E-state index >= 15 is 0 Å². The van der Waals surface area contributed by atoms with Gasteiger partial charge in [0.2, 0.25) is 0 Å². The second kappa shape index (κ2) is 7.94. The van der Waals surface area contributed by atoms with E-state index in [4.69, 9.17) is 21.1 Å². The SMILES string of the molecule is Cn1ncc(Cl)c1CC1c2cc(CN3CC4(COC4)C3)ccc2C(=O)N1CC1CC2(CNC(=O)O2)C1. The summed E-state index contributed by atoms with van der Waals surface area (Å²) < 4.78 is 12.7. The Hall–Kier alpha value is -2.62. The zero-order chi connectivity index (χ0) is 24.7. The second-order valence-electron chi connectivity index (χ2n) is 11.5. The van der Waals surface area contributed by atoms with Gasteiger partial charge in [0.15, 0.2) is 0 Å². The summed E-state index contributed by atoms with van der Waals surface area (Å²) >= 11 is 6.49. The summed E-state index contributed by atoms with van der Waals surface area (Å²) in [5.41, 5.74) is 3.98. The van der Waals surface area contributed by atoms with Gasteiger partial charge >= 0.3 is 6.09 Å². The van der Waals surface area contributed by atoms with Gasteiger partial charge in [-0.15, -0.1) is 0 Å². The maximum Gasteiger partial charge on any atom is 0.407 e. The lowest BCUT2D eigenvalue weighted by Crippen LogP contribution is -2.65. The third-order valence-electron chi connectivity index (χ3n) is 8.72. The van der Waals surface area contributed by atoms with Gasteiger partial charge in [-0.1, -0.05) is 23.7 Å². The number of aromatic nitrogens is 2. The third kappa shape index (κ3) is 3.55. The summed E-state index contributed by atoms with van der Waals surface area (Å²) in [6, 6.07) is 6.20. The molecule has 2 spiro atoms. The number of halogens is 1. The van der Waals surface area contributed by atoms with Crippen molar-refractivity contribution in [3.63, 3.8) is 0 Å². The number of nitrogens with zero attached hydrogens (tertiary/aromatic N) is 4. The van der Waals surface area contributed by atoms with Crippen LogP contribution in [0.15, 0.2) is 24.4 Å². The standard InChI is InChI=1S/C26H30ClN5O4/c1-30-22(20(27)8-29-30)5-21-19-4-16(9-31-12-25(13-31)14-35-15-25)2-3-18(19)23(33)32(21)10-17-6-26(7-17)11-28-24(34)36-26/h2-4,8,17,21H,5-7,9-15H2,1H3,(H,28,34). The highest BCUT2D eigenvalue weighted by molar-refractivity contribution is 6.31. The highest BCUT2D eigenvalue weighted by atomic mass is 35.5. The number of carbonyl (C=O) groups is 2. The molecule has 36 heavy (non-hydrogen) atoms. The Balaban J connectivity index is 1.13. The number of hydrogen-bond acceptors (Lipinski definition) is 6.